The zero-order chi connectivity index (χ0) is 41.6. The molecule has 4 amide bonds. The highest BCUT2D eigenvalue weighted by Gasteiger charge is 2.34. The molecule has 2 fully saturated rings. The molecule has 6 rings (SSSR count). The predicted molar refractivity (Wildman–Crippen MR) is 217 cm³/mol. The summed E-state index contributed by atoms with van der Waals surface area (Å²) in [6, 6.07) is 9.11. The second-order valence-electron chi connectivity index (χ2n) is 12.7. The molecule has 0 aliphatic carbocycles. The first-order valence-corrected chi connectivity index (χ1v) is 18.8. The van der Waals surface area contributed by atoms with Gasteiger partial charge in [-0.1, -0.05) is 36.4 Å². The van der Waals surface area contributed by atoms with E-state index in [-0.39, 0.29) is 38.0 Å². The molecular weight excluding hydrogens is 813 g/mol. The van der Waals surface area contributed by atoms with Crippen LogP contribution in [0, 0.1) is 11.6 Å². The van der Waals surface area contributed by atoms with Crippen LogP contribution in [0.3, 0.4) is 0 Å². The minimum absolute atomic E-state index is 0.197. The Kier molecular flexibility index (Phi) is 16.6. The van der Waals surface area contributed by atoms with Crippen molar-refractivity contribution >= 4 is 94.2 Å². The number of ether oxygens (including phenoxy) is 2. The van der Waals surface area contributed by atoms with Crippen LogP contribution in [0.5, 0.6) is 0 Å². The number of rotatable bonds is 11. The third-order valence-electron chi connectivity index (χ3n) is 8.22. The number of hydrogen-bond acceptors (Lipinski definition) is 12. The molecule has 0 radical (unpaired) electrons. The zero-order valence-corrected chi connectivity index (χ0v) is 33.5. The molecule has 0 saturated carbocycles. The Morgan fingerprint density at radius 3 is 1.68 bits per heavy atom. The maximum absolute atomic E-state index is 14.7. The highest BCUT2D eigenvalue weighted by molar-refractivity contribution is 6.35. The third-order valence-corrected chi connectivity index (χ3v) is 8.93. The fraction of sp³-hybridized carbons (Fsp3) is 0.389. The number of nitrogens with one attached hydrogen (secondary N) is 3. The van der Waals surface area contributed by atoms with E-state index >= 15 is 0 Å². The Hall–Kier alpha value is -5.33. The number of cyclic esters (lactones) is 2. The van der Waals surface area contributed by atoms with Crippen LogP contribution in [0.1, 0.15) is 13.8 Å². The van der Waals surface area contributed by atoms with Crippen molar-refractivity contribution in [1.82, 2.24) is 21.1 Å². The minimum Gasteiger partial charge on any atom is -0.442 e. The SMILES string of the molecule is C=C(Cl)CCl.C=C(Cl)CN1CCN(c2ccc(N3C[C@H](CNC(C)=O)OC3=O)cc2F)C=N1.CC(=O)NC[C@H]1CN(c2ccc(N3C=NNCC3)c(F)c2)C(=O)O1. The molecule has 0 unspecified atom stereocenters. The van der Waals surface area contributed by atoms with Gasteiger partial charge in [0.1, 0.15) is 36.5 Å². The van der Waals surface area contributed by atoms with Crippen molar-refractivity contribution in [2.24, 2.45) is 10.2 Å². The number of halogens is 5. The van der Waals surface area contributed by atoms with Crippen LogP contribution in [0.15, 0.2) is 69.8 Å². The van der Waals surface area contributed by atoms with Gasteiger partial charge < -0.3 is 35.3 Å². The van der Waals surface area contributed by atoms with Gasteiger partial charge >= 0.3 is 12.2 Å². The summed E-state index contributed by atoms with van der Waals surface area (Å²) in [5, 5.41) is 16.0. The first-order valence-electron chi connectivity index (χ1n) is 17.5. The highest BCUT2D eigenvalue weighted by Crippen LogP contribution is 2.29. The molecule has 0 spiro atoms. The molecule has 57 heavy (non-hydrogen) atoms. The number of carbonyl (C=O) groups excluding carboxylic acids is 4. The van der Waals surface area contributed by atoms with Crippen molar-refractivity contribution in [2.75, 3.05) is 84.4 Å². The standard InChI is InChI=1S/C18H21ClFN5O3.C15H18FN5O3.C3H4Cl2/c1-12(19)9-24-6-5-23(11-22-24)17-4-3-14(7-16(17)20)25-10-15(28-18(25)27)8-21-13(2)26;1-10(22)17-7-12-8-21(15(23)24-12)11-2-3-14(13(16)6-11)20-5-4-18-19-9-20;1-3(5)2-4/h3-4,7,11,15H,1,5-6,8-10H2,2H3,(H,21,26);2-3,6,9,12,18H,4-5,7-8H2,1H3,(H,17,22);1-2H2/t15-;12-;/m00./s1. The Morgan fingerprint density at radius 2 is 1.32 bits per heavy atom. The van der Waals surface area contributed by atoms with Gasteiger partial charge in [0.15, 0.2) is 0 Å². The van der Waals surface area contributed by atoms with Gasteiger partial charge in [-0.3, -0.25) is 24.4 Å². The quantitative estimate of drug-likeness (QED) is 0.270. The van der Waals surface area contributed by atoms with Crippen molar-refractivity contribution in [3.63, 3.8) is 0 Å². The van der Waals surface area contributed by atoms with Gasteiger partial charge in [-0.25, -0.2) is 18.4 Å². The molecule has 0 aromatic heterocycles. The van der Waals surface area contributed by atoms with E-state index in [9.17, 15) is 28.0 Å². The molecule has 2 atom stereocenters. The van der Waals surface area contributed by atoms with E-state index in [0.717, 1.165) is 0 Å². The smallest absolute Gasteiger partial charge is 0.414 e. The molecule has 21 heteroatoms. The molecule has 3 N–H and O–H groups in total. The second kappa shape index (κ2) is 21.3. The molecule has 2 aromatic carbocycles. The number of carbonyl (C=O) groups is 4. The summed E-state index contributed by atoms with van der Waals surface area (Å²) in [6.45, 7) is 13.4. The van der Waals surface area contributed by atoms with E-state index in [1.807, 2.05) is 0 Å². The number of benzene rings is 2. The Morgan fingerprint density at radius 1 is 0.825 bits per heavy atom. The minimum atomic E-state index is -0.570. The lowest BCUT2D eigenvalue weighted by Gasteiger charge is -2.30. The summed E-state index contributed by atoms with van der Waals surface area (Å²) in [5.74, 6) is -0.975. The van der Waals surface area contributed by atoms with Crippen molar-refractivity contribution in [2.45, 2.75) is 26.1 Å². The monoisotopic (exact) mass is 854 g/mol. The lowest BCUT2D eigenvalue weighted by molar-refractivity contribution is -0.120. The molecule has 4 aliphatic heterocycles. The summed E-state index contributed by atoms with van der Waals surface area (Å²) in [4.78, 5) is 52.0. The van der Waals surface area contributed by atoms with E-state index in [0.29, 0.717) is 71.4 Å². The number of hydrazone groups is 2. The van der Waals surface area contributed by atoms with Gasteiger partial charge in [-0.15, -0.1) is 11.6 Å². The topological polar surface area (TPSA) is 164 Å². The molecule has 4 aliphatic rings. The van der Waals surface area contributed by atoms with Gasteiger partial charge in [0.25, 0.3) is 0 Å². The summed E-state index contributed by atoms with van der Waals surface area (Å²) in [7, 11) is 0. The molecule has 0 bridgehead atoms. The Labute approximate surface area is 343 Å². The molecule has 4 heterocycles. The molecular formula is C36H43Cl3F2N10O6. The van der Waals surface area contributed by atoms with E-state index in [4.69, 9.17) is 44.3 Å². The molecule has 2 aromatic rings. The largest absolute Gasteiger partial charge is 0.442 e. The van der Waals surface area contributed by atoms with Crippen LogP contribution in [0.2, 0.25) is 0 Å². The average molecular weight is 856 g/mol. The van der Waals surface area contributed by atoms with Gasteiger partial charge in [0.05, 0.1) is 74.4 Å². The second-order valence-corrected chi connectivity index (χ2v) is 14.0. The van der Waals surface area contributed by atoms with Crippen LogP contribution < -0.4 is 35.7 Å². The molecule has 308 valence electrons. The molecule has 2 saturated heterocycles. The summed E-state index contributed by atoms with van der Waals surface area (Å²) >= 11 is 16.0. The number of anilines is 4. The predicted octanol–water partition coefficient (Wildman–Crippen LogP) is 4.72. The van der Waals surface area contributed by atoms with Crippen LogP contribution >= 0.6 is 34.8 Å². The lowest BCUT2D eigenvalue weighted by atomic mass is 10.2. The number of alkyl halides is 1. The summed E-state index contributed by atoms with van der Waals surface area (Å²) in [5.41, 5.74) is 4.36. The third kappa shape index (κ3) is 13.4. The maximum Gasteiger partial charge on any atom is 0.414 e. The van der Waals surface area contributed by atoms with Gasteiger partial charge in [0, 0.05) is 37.0 Å². The number of hydrogen-bond donors (Lipinski definition) is 3. The van der Waals surface area contributed by atoms with E-state index in [1.54, 1.807) is 39.1 Å². The van der Waals surface area contributed by atoms with Crippen LogP contribution in [-0.2, 0) is 19.1 Å². The van der Waals surface area contributed by atoms with Gasteiger partial charge in [-0.05, 0) is 36.4 Å². The van der Waals surface area contributed by atoms with E-state index in [1.165, 1.54) is 48.5 Å². The fourth-order valence-corrected chi connectivity index (χ4v) is 5.68. The molecule has 16 nitrogen and oxygen atoms in total. The highest BCUT2D eigenvalue weighted by atomic mass is 35.5. The Balaban J connectivity index is 0.000000228. The Bertz CT molecular complexity index is 1870. The lowest BCUT2D eigenvalue weighted by Crippen LogP contribution is -2.38. The number of allylic oxidation sites excluding steroid dienone is 1. The number of amides is 4. The normalized spacial score (nSPS) is 18.4. The fourth-order valence-electron chi connectivity index (χ4n) is 5.55. The summed E-state index contributed by atoms with van der Waals surface area (Å²) in [6.07, 6.45) is 1.00. The zero-order valence-electron chi connectivity index (χ0n) is 31.2. The van der Waals surface area contributed by atoms with Gasteiger partial charge in [0.2, 0.25) is 11.8 Å². The van der Waals surface area contributed by atoms with Crippen molar-refractivity contribution in [3.05, 3.63) is 71.3 Å². The maximum atomic E-state index is 14.7. The first-order chi connectivity index (χ1) is 27.1. The van der Waals surface area contributed by atoms with Crippen molar-refractivity contribution in [1.29, 1.82) is 0 Å². The summed E-state index contributed by atoms with van der Waals surface area (Å²) < 4.78 is 39.5. The number of nitrogens with zero attached hydrogens (tertiary/aromatic N) is 7. The van der Waals surface area contributed by atoms with Gasteiger partial charge in [-0.2, -0.15) is 10.2 Å². The average Bonchev–Trinajstić information content (AvgIpc) is 3.75. The van der Waals surface area contributed by atoms with Crippen LogP contribution in [-0.4, -0.2) is 119 Å². The van der Waals surface area contributed by atoms with Crippen LogP contribution in [0.4, 0.5) is 41.1 Å². The van der Waals surface area contributed by atoms with Crippen molar-refractivity contribution in [3.8, 4) is 0 Å². The van der Waals surface area contributed by atoms with E-state index < -0.39 is 36.0 Å². The van der Waals surface area contributed by atoms with Crippen LogP contribution in [0.25, 0.3) is 0 Å². The van der Waals surface area contributed by atoms with E-state index in [2.05, 4.69) is 39.4 Å². The first kappa shape index (κ1) is 44.4. The van der Waals surface area contributed by atoms with Crippen molar-refractivity contribution < 1.29 is 37.4 Å².